The minimum atomic E-state index is -0.589. The molecule has 7 heteroatoms. The number of carbonyl (C=O) groups is 1. The second-order valence-corrected chi connectivity index (χ2v) is 6.34. The monoisotopic (exact) mass is 350 g/mol. The molecule has 6 nitrogen and oxygen atoms in total. The van der Waals surface area contributed by atoms with E-state index in [9.17, 15) is 4.79 Å². The Bertz CT molecular complexity index is 1060. The number of nitrogens with one attached hydrogen (secondary N) is 1. The van der Waals surface area contributed by atoms with E-state index >= 15 is 0 Å². The lowest BCUT2D eigenvalue weighted by atomic mass is 10.0. The molecule has 0 bridgehead atoms. The van der Waals surface area contributed by atoms with Crippen LogP contribution in [-0.4, -0.2) is 10.9 Å². The Morgan fingerprint density at radius 1 is 1.16 bits per heavy atom. The highest BCUT2D eigenvalue weighted by atomic mass is 32.1. The number of nitrogen functional groups attached to an aromatic ring is 2. The van der Waals surface area contributed by atoms with Crippen molar-refractivity contribution in [3.05, 3.63) is 59.7 Å². The Kier molecular flexibility index (Phi) is 3.72. The van der Waals surface area contributed by atoms with Crippen molar-refractivity contribution < 1.29 is 9.21 Å². The van der Waals surface area contributed by atoms with E-state index in [-0.39, 0.29) is 11.4 Å². The summed E-state index contributed by atoms with van der Waals surface area (Å²) in [5.74, 6) is 4.59. The fraction of sp³-hybridized carbons (Fsp3) is 0. The summed E-state index contributed by atoms with van der Waals surface area (Å²) in [7, 11) is 0. The fourth-order valence-electron chi connectivity index (χ4n) is 2.74. The third-order valence-electron chi connectivity index (χ3n) is 3.89. The number of nitrogens with two attached hydrogens (primary N) is 2. The molecule has 4 rings (SSSR count). The number of thiophene rings is 1. The molecule has 5 N–H and O–H groups in total. The molecule has 0 saturated carbocycles. The number of pyridine rings is 1. The van der Waals surface area contributed by atoms with Gasteiger partial charge in [0.05, 0.1) is 16.8 Å². The quantitative estimate of drug-likeness (QED) is 0.298. The number of fused-ring (bicyclic) bond motifs is 1. The summed E-state index contributed by atoms with van der Waals surface area (Å²) >= 11 is 1.58. The topological polar surface area (TPSA) is 107 Å². The molecule has 124 valence electrons. The number of aromatic nitrogens is 1. The van der Waals surface area contributed by atoms with Gasteiger partial charge in [0.2, 0.25) is 11.5 Å². The highest BCUT2D eigenvalue weighted by molar-refractivity contribution is 7.13. The molecule has 0 spiro atoms. The molecule has 4 aromatic rings. The van der Waals surface area contributed by atoms with E-state index in [1.807, 2.05) is 59.3 Å². The maximum atomic E-state index is 11.9. The molecule has 1 aromatic carbocycles. The number of hydrogen-bond acceptors (Lipinski definition) is 6. The predicted octanol–water partition coefficient (Wildman–Crippen LogP) is 3.41. The van der Waals surface area contributed by atoms with Crippen LogP contribution in [0.4, 0.5) is 5.69 Å². The zero-order chi connectivity index (χ0) is 17.4. The van der Waals surface area contributed by atoms with Gasteiger partial charge < -0.3 is 10.2 Å². The molecule has 0 atom stereocenters. The zero-order valence-corrected chi connectivity index (χ0v) is 13.8. The number of hydrogen-bond donors (Lipinski definition) is 3. The molecule has 1 amide bonds. The van der Waals surface area contributed by atoms with Gasteiger partial charge in [0.25, 0.3) is 0 Å². The number of anilines is 1. The molecule has 0 aliphatic heterocycles. The average molecular weight is 350 g/mol. The Balaban J connectivity index is 2.04. The van der Waals surface area contributed by atoms with Gasteiger partial charge in [-0.3, -0.25) is 10.2 Å². The van der Waals surface area contributed by atoms with Crippen molar-refractivity contribution in [1.29, 1.82) is 0 Å². The Labute approximate surface area is 147 Å². The SMILES string of the molecule is NNC(=O)c1oc2nc(-c3ccccc3)cc(-c3cccs3)c2c1N. The van der Waals surface area contributed by atoms with E-state index in [1.165, 1.54) is 0 Å². The summed E-state index contributed by atoms with van der Waals surface area (Å²) < 4.78 is 5.63. The maximum Gasteiger partial charge on any atom is 0.303 e. The summed E-state index contributed by atoms with van der Waals surface area (Å²) in [5.41, 5.74) is 11.3. The summed E-state index contributed by atoms with van der Waals surface area (Å²) in [6.07, 6.45) is 0. The van der Waals surface area contributed by atoms with Gasteiger partial charge in [0, 0.05) is 16.0 Å². The van der Waals surface area contributed by atoms with Gasteiger partial charge in [0.1, 0.15) is 0 Å². The van der Waals surface area contributed by atoms with Crippen LogP contribution in [0.5, 0.6) is 0 Å². The van der Waals surface area contributed by atoms with Crippen molar-refractivity contribution in [2.24, 2.45) is 5.84 Å². The standard InChI is InChI=1S/C18H14N4O2S/c19-15-14-11(13-7-4-8-25-13)9-12(10-5-2-1-3-6-10)21-18(14)24-16(15)17(23)22-20/h1-9H,19-20H2,(H,22,23). The first kappa shape index (κ1) is 15.4. The van der Waals surface area contributed by atoms with Gasteiger partial charge in [-0.2, -0.15) is 0 Å². The van der Waals surface area contributed by atoms with Crippen LogP contribution in [0.1, 0.15) is 10.6 Å². The van der Waals surface area contributed by atoms with Crippen molar-refractivity contribution in [3.8, 4) is 21.7 Å². The van der Waals surface area contributed by atoms with Gasteiger partial charge in [-0.1, -0.05) is 36.4 Å². The number of carbonyl (C=O) groups excluding carboxylic acids is 1. The molecular weight excluding hydrogens is 336 g/mol. The van der Waals surface area contributed by atoms with Crippen molar-refractivity contribution in [2.75, 3.05) is 5.73 Å². The second-order valence-electron chi connectivity index (χ2n) is 5.40. The lowest BCUT2D eigenvalue weighted by Gasteiger charge is -2.06. The van der Waals surface area contributed by atoms with Crippen LogP contribution in [0.25, 0.3) is 32.8 Å². The van der Waals surface area contributed by atoms with Gasteiger partial charge in [0.15, 0.2) is 0 Å². The summed E-state index contributed by atoms with van der Waals surface area (Å²) in [6.45, 7) is 0. The number of amides is 1. The van der Waals surface area contributed by atoms with Crippen LogP contribution in [0.15, 0.2) is 58.3 Å². The summed E-state index contributed by atoms with van der Waals surface area (Å²) in [4.78, 5) is 17.5. The first-order valence-corrected chi connectivity index (χ1v) is 8.40. The van der Waals surface area contributed by atoms with Crippen molar-refractivity contribution in [1.82, 2.24) is 10.4 Å². The Hall–Kier alpha value is -3.16. The molecule has 0 saturated heterocycles. The van der Waals surface area contributed by atoms with Crippen molar-refractivity contribution in [2.45, 2.75) is 0 Å². The zero-order valence-electron chi connectivity index (χ0n) is 13.0. The minimum Gasteiger partial charge on any atom is -0.430 e. The molecular formula is C18H14N4O2S. The first-order chi connectivity index (χ1) is 12.2. The molecule has 0 aliphatic carbocycles. The average Bonchev–Trinajstić information content (AvgIpc) is 3.30. The fourth-order valence-corrected chi connectivity index (χ4v) is 3.49. The van der Waals surface area contributed by atoms with E-state index in [1.54, 1.807) is 11.3 Å². The van der Waals surface area contributed by atoms with Crippen LogP contribution >= 0.6 is 11.3 Å². The highest BCUT2D eigenvalue weighted by Gasteiger charge is 2.23. The molecule has 3 aromatic heterocycles. The minimum absolute atomic E-state index is 0.0342. The number of hydrazine groups is 1. The van der Waals surface area contributed by atoms with Crippen LogP contribution < -0.4 is 17.0 Å². The number of benzene rings is 1. The highest BCUT2D eigenvalue weighted by Crippen LogP contribution is 2.39. The summed E-state index contributed by atoms with van der Waals surface area (Å²) in [6, 6.07) is 15.7. The lowest BCUT2D eigenvalue weighted by Crippen LogP contribution is -2.30. The molecule has 0 unspecified atom stereocenters. The molecule has 3 heterocycles. The second kappa shape index (κ2) is 6.04. The normalized spacial score (nSPS) is 10.9. The van der Waals surface area contributed by atoms with E-state index < -0.39 is 5.91 Å². The van der Waals surface area contributed by atoms with Gasteiger partial charge >= 0.3 is 5.91 Å². The molecule has 25 heavy (non-hydrogen) atoms. The largest absolute Gasteiger partial charge is 0.430 e. The Morgan fingerprint density at radius 3 is 2.64 bits per heavy atom. The van der Waals surface area contributed by atoms with Crippen molar-refractivity contribution in [3.63, 3.8) is 0 Å². The third kappa shape index (κ3) is 2.55. The number of rotatable bonds is 3. The van der Waals surface area contributed by atoms with Crippen LogP contribution in [0, 0.1) is 0 Å². The summed E-state index contributed by atoms with van der Waals surface area (Å²) in [5, 5.41) is 2.59. The van der Waals surface area contributed by atoms with E-state index in [4.69, 9.17) is 16.0 Å². The molecule has 0 radical (unpaired) electrons. The van der Waals surface area contributed by atoms with Crippen molar-refractivity contribution >= 4 is 34.0 Å². The smallest absolute Gasteiger partial charge is 0.303 e. The first-order valence-electron chi connectivity index (χ1n) is 7.52. The third-order valence-corrected chi connectivity index (χ3v) is 4.80. The van der Waals surface area contributed by atoms with E-state index in [2.05, 4.69) is 4.98 Å². The van der Waals surface area contributed by atoms with Crippen LogP contribution in [0.2, 0.25) is 0 Å². The molecule has 0 aliphatic rings. The van der Waals surface area contributed by atoms with Gasteiger partial charge in [-0.15, -0.1) is 11.3 Å². The number of nitrogens with zero attached hydrogens (tertiary/aromatic N) is 1. The van der Waals surface area contributed by atoms with Gasteiger partial charge in [-0.05, 0) is 17.5 Å². The Morgan fingerprint density at radius 2 is 1.96 bits per heavy atom. The van der Waals surface area contributed by atoms with E-state index in [0.29, 0.717) is 11.1 Å². The van der Waals surface area contributed by atoms with Gasteiger partial charge in [-0.25, -0.2) is 10.8 Å². The number of furan rings is 1. The lowest BCUT2D eigenvalue weighted by molar-refractivity contribution is 0.0929. The predicted molar refractivity (Wildman–Crippen MR) is 98.8 cm³/mol. The van der Waals surface area contributed by atoms with E-state index in [0.717, 1.165) is 21.7 Å². The van der Waals surface area contributed by atoms with Crippen LogP contribution in [-0.2, 0) is 0 Å². The molecule has 0 fully saturated rings. The maximum absolute atomic E-state index is 11.9. The van der Waals surface area contributed by atoms with Crippen LogP contribution in [0.3, 0.4) is 0 Å².